The van der Waals surface area contributed by atoms with Crippen LogP contribution in [-0.2, 0) is 42.9 Å². The molecule has 0 spiro atoms. The summed E-state index contributed by atoms with van der Waals surface area (Å²) in [6.07, 6.45) is 42.7. The highest BCUT2D eigenvalue weighted by Crippen LogP contribution is 2.26. The van der Waals surface area contributed by atoms with Crippen LogP contribution in [0.1, 0.15) is 265 Å². The Balaban J connectivity index is 2.67. The Morgan fingerprint density at radius 1 is 0.465 bits per heavy atom. The summed E-state index contributed by atoms with van der Waals surface area (Å²) in [5.41, 5.74) is 0. The fourth-order valence-corrected chi connectivity index (χ4v) is 8.68. The number of rotatable bonds is 49. The van der Waals surface area contributed by atoms with Crippen molar-refractivity contribution in [1.82, 2.24) is 0 Å². The highest BCUT2D eigenvalue weighted by molar-refractivity contribution is 5.74. The van der Waals surface area contributed by atoms with E-state index in [1.807, 2.05) is 0 Å². The van der Waals surface area contributed by atoms with E-state index in [9.17, 15) is 34.5 Å². The molecule has 1 rings (SSSR count). The summed E-state index contributed by atoms with van der Waals surface area (Å²) in [5.74, 6) is -3.13. The third kappa shape index (κ3) is 38.2. The van der Waals surface area contributed by atoms with Gasteiger partial charge in [-0.05, 0) is 64.2 Å². The molecule has 0 aromatic rings. The molecule has 3 N–H and O–H groups in total. The first-order valence-corrected chi connectivity index (χ1v) is 29.0. The summed E-state index contributed by atoms with van der Waals surface area (Å²) in [5, 5.41) is 31.4. The molecule has 0 radical (unpaired) electrons. The van der Waals surface area contributed by atoms with Gasteiger partial charge in [0.15, 0.2) is 24.6 Å². The van der Waals surface area contributed by atoms with Gasteiger partial charge in [-0.1, -0.05) is 218 Å². The smallest absolute Gasteiger partial charge is 0.335 e. The van der Waals surface area contributed by atoms with Crippen molar-refractivity contribution in [3.8, 4) is 0 Å². The van der Waals surface area contributed by atoms with Crippen LogP contribution < -0.4 is 0 Å². The average Bonchev–Trinajstić information content (AvgIpc) is 3.35. The monoisotopic (exact) mass is 1000 g/mol. The van der Waals surface area contributed by atoms with Crippen LogP contribution >= 0.6 is 0 Å². The first kappa shape index (κ1) is 66.0. The second-order valence-corrected chi connectivity index (χ2v) is 19.9. The maximum absolute atomic E-state index is 13.1. The second kappa shape index (κ2) is 47.9. The van der Waals surface area contributed by atoms with E-state index in [0.29, 0.717) is 19.3 Å². The van der Waals surface area contributed by atoms with Crippen molar-refractivity contribution in [2.75, 3.05) is 13.2 Å². The number of ether oxygens (including phenoxy) is 5. The zero-order chi connectivity index (χ0) is 51.8. The standard InChI is InChI=1S/C59H104O12/c1-4-7-10-13-16-19-22-24-25-26-27-29-32-35-38-41-44-47-53(62)70-57-55(64)54(63)56(58(65)66)71-59(57)68-49-50(69-52(61)46-43-40-37-34-30-21-18-15-12-9-6-3)48-67-51(60)45-42-39-36-33-31-28-23-20-17-14-11-8-5-2/h11,14-15,18,20,23,50,54-57,59,63-64H,4-10,12-13,16-17,19,21-22,24-49H2,1-3H3,(H,65,66)/b14-11-,18-15-,23-20-. The summed E-state index contributed by atoms with van der Waals surface area (Å²) in [6, 6.07) is 0. The van der Waals surface area contributed by atoms with Crippen LogP contribution in [-0.4, -0.2) is 89.2 Å². The largest absolute Gasteiger partial charge is 0.479 e. The molecule has 0 aromatic carbocycles. The number of carbonyl (C=O) groups is 4. The van der Waals surface area contributed by atoms with Crippen molar-refractivity contribution in [2.24, 2.45) is 0 Å². The van der Waals surface area contributed by atoms with Gasteiger partial charge in [0.1, 0.15) is 18.8 Å². The Labute approximate surface area is 431 Å². The van der Waals surface area contributed by atoms with Crippen LogP contribution in [0.2, 0.25) is 0 Å². The number of allylic oxidation sites excluding steroid dienone is 6. The molecule has 6 unspecified atom stereocenters. The molecule has 0 aromatic heterocycles. The van der Waals surface area contributed by atoms with Gasteiger partial charge in [0, 0.05) is 19.3 Å². The minimum atomic E-state index is -1.90. The lowest BCUT2D eigenvalue weighted by molar-refractivity contribution is -0.301. The van der Waals surface area contributed by atoms with Crippen molar-refractivity contribution in [3.05, 3.63) is 36.5 Å². The van der Waals surface area contributed by atoms with Gasteiger partial charge < -0.3 is 39.0 Å². The van der Waals surface area contributed by atoms with Crippen molar-refractivity contribution < 1.29 is 58.2 Å². The molecule has 1 saturated heterocycles. The van der Waals surface area contributed by atoms with Gasteiger partial charge in [-0.15, -0.1) is 0 Å². The van der Waals surface area contributed by atoms with Crippen molar-refractivity contribution in [3.63, 3.8) is 0 Å². The Morgan fingerprint density at radius 3 is 1.38 bits per heavy atom. The number of carbonyl (C=O) groups excluding carboxylic acids is 3. The lowest BCUT2D eigenvalue weighted by Crippen LogP contribution is -2.61. The normalized spacial score (nSPS) is 18.7. The van der Waals surface area contributed by atoms with Crippen molar-refractivity contribution in [1.29, 1.82) is 0 Å². The summed E-state index contributed by atoms with van der Waals surface area (Å²) in [6.45, 7) is 5.88. The molecule has 71 heavy (non-hydrogen) atoms. The second-order valence-electron chi connectivity index (χ2n) is 19.9. The number of hydrogen-bond donors (Lipinski definition) is 3. The third-order valence-electron chi connectivity index (χ3n) is 13.2. The fraction of sp³-hybridized carbons (Fsp3) is 0.831. The van der Waals surface area contributed by atoms with Crippen LogP contribution in [0.25, 0.3) is 0 Å². The van der Waals surface area contributed by atoms with Gasteiger partial charge in [0.05, 0.1) is 6.61 Å². The summed E-state index contributed by atoms with van der Waals surface area (Å²) in [7, 11) is 0. The van der Waals surface area contributed by atoms with Crippen molar-refractivity contribution >= 4 is 23.9 Å². The molecular formula is C59H104O12. The Bertz CT molecular complexity index is 1380. The number of hydrogen-bond acceptors (Lipinski definition) is 11. The van der Waals surface area contributed by atoms with Gasteiger partial charge in [-0.2, -0.15) is 0 Å². The van der Waals surface area contributed by atoms with Gasteiger partial charge in [-0.3, -0.25) is 14.4 Å². The number of esters is 3. The highest BCUT2D eigenvalue weighted by atomic mass is 16.7. The van der Waals surface area contributed by atoms with Gasteiger partial charge in [-0.25, -0.2) is 4.79 Å². The highest BCUT2D eigenvalue weighted by Gasteiger charge is 2.50. The zero-order valence-corrected chi connectivity index (χ0v) is 45.2. The van der Waals surface area contributed by atoms with Crippen LogP contribution in [0.5, 0.6) is 0 Å². The lowest BCUT2D eigenvalue weighted by atomic mass is 9.98. The zero-order valence-electron chi connectivity index (χ0n) is 45.2. The minimum absolute atomic E-state index is 0.0634. The van der Waals surface area contributed by atoms with Gasteiger partial charge in [0.2, 0.25) is 0 Å². The number of aliphatic hydroxyl groups excluding tert-OH is 2. The molecular weight excluding hydrogens is 901 g/mol. The van der Waals surface area contributed by atoms with E-state index in [1.54, 1.807) is 0 Å². The lowest BCUT2D eigenvalue weighted by Gasteiger charge is -2.40. The number of unbranched alkanes of at least 4 members (excludes halogenated alkanes) is 29. The van der Waals surface area contributed by atoms with Gasteiger partial charge >= 0.3 is 23.9 Å². The van der Waals surface area contributed by atoms with E-state index in [0.717, 1.165) is 109 Å². The van der Waals surface area contributed by atoms with E-state index >= 15 is 0 Å². The van der Waals surface area contributed by atoms with E-state index in [2.05, 4.69) is 57.2 Å². The molecule has 1 heterocycles. The van der Waals surface area contributed by atoms with Crippen LogP contribution in [0, 0.1) is 0 Å². The van der Waals surface area contributed by atoms with E-state index in [-0.39, 0.29) is 25.9 Å². The number of carboxylic acid groups (broad SMARTS) is 1. The first-order chi connectivity index (χ1) is 34.6. The summed E-state index contributed by atoms with van der Waals surface area (Å²) >= 11 is 0. The first-order valence-electron chi connectivity index (χ1n) is 29.0. The Hall–Kier alpha value is -3.06. The summed E-state index contributed by atoms with van der Waals surface area (Å²) in [4.78, 5) is 51.0. The molecule has 0 saturated carbocycles. The molecule has 1 aliphatic heterocycles. The average molecular weight is 1010 g/mol. The van der Waals surface area contributed by atoms with E-state index in [4.69, 9.17) is 23.7 Å². The molecule has 0 amide bonds. The molecule has 412 valence electrons. The predicted octanol–water partition coefficient (Wildman–Crippen LogP) is 14.5. The SMILES string of the molecule is CCC/C=C\C/C=C\CCCCCCCC(=O)OCC(COC1OC(C(=O)O)C(O)C(O)C1OC(=O)CCCCCCCCCCCCCCCCCCC)OC(=O)CCCCCCC/C=C\CCCC. The fourth-order valence-electron chi connectivity index (χ4n) is 8.68. The maximum atomic E-state index is 13.1. The predicted molar refractivity (Wildman–Crippen MR) is 285 cm³/mol. The summed E-state index contributed by atoms with van der Waals surface area (Å²) < 4.78 is 28.4. The minimum Gasteiger partial charge on any atom is -0.479 e. The Morgan fingerprint density at radius 2 is 0.887 bits per heavy atom. The van der Waals surface area contributed by atoms with Crippen LogP contribution in [0.15, 0.2) is 36.5 Å². The van der Waals surface area contributed by atoms with E-state index < -0.39 is 67.3 Å². The number of aliphatic hydroxyl groups is 2. The van der Waals surface area contributed by atoms with Crippen LogP contribution in [0.4, 0.5) is 0 Å². The van der Waals surface area contributed by atoms with Crippen molar-refractivity contribution in [2.45, 2.75) is 302 Å². The topological polar surface area (TPSA) is 175 Å². The number of aliphatic carboxylic acids is 1. The van der Waals surface area contributed by atoms with Crippen LogP contribution in [0.3, 0.4) is 0 Å². The molecule has 12 nitrogen and oxygen atoms in total. The molecule has 1 aliphatic rings. The van der Waals surface area contributed by atoms with Gasteiger partial charge in [0.25, 0.3) is 0 Å². The Kier molecular flexibility index (Phi) is 44.5. The third-order valence-corrected chi connectivity index (χ3v) is 13.2. The molecule has 1 fully saturated rings. The molecule has 12 heteroatoms. The number of carboxylic acids is 1. The molecule has 0 aliphatic carbocycles. The molecule has 0 bridgehead atoms. The molecule has 6 atom stereocenters. The maximum Gasteiger partial charge on any atom is 0.335 e. The van der Waals surface area contributed by atoms with E-state index in [1.165, 1.54) is 96.3 Å². The quantitative estimate of drug-likeness (QED) is 0.0228.